The zero-order chi connectivity index (χ0) is 29.4. The number of hydrogen-bond donors (Lipinski definition) is 4. The van der Waals surface area contributed by atoms with Gasteiger partial charge in [0.25, 0.3) is 0 Å². The maximum absolute atomic E-state index is 13.5. The Kier molecular flexibility index (Phi) is 11.1. The lowest BCUT2D eigenvalue weighted by molar-refractivity contribution is -0.143. The Balaban J connectivity index is 1.76. The first-order chi connectivity index (χ1) is 18.9. The molecule has 10 nitrogen and oxygen atoms in total. The fourth-order valence-electron chi connectivity index (χ4n) is 4.76. The molecule has 0 unspecified atom stereocenters. The van der Waals surface area contributed by atoms with Crippen LogP contribution in [0.3, 0.4) is 0 Å². The van der Waals surface area contributed by atoms with Crippen LogP contribution in [0.25, 0.3) is 10.4 Å². The number of likely N-dealkylation sites (tertiary alicyclic amines) is 1. The van der Waals surface area contributed by atoms with Gasteiger partial charge in [-0.3, -0.25) is 14.4 Å². The molecule has 1 aromatic carbocycles. The van der Waals surface area contributed by atoms with E-state index >= 15 is 0 Å². The Labute approximate surface area is 240 Å². The van der Waals surface area contributed by atoms with Gasteiger partial charge in [-0.15, -0.1) is 11.3 Å². The predicted molar refractivity (Wildman–Crippen MR) is 156 cm³/mol. The highest BCUT2D eigenvalue weighted by atomic mass is 32.1. The van der Waals surface area contributed by atoms with Gasteiger partial charge in [-0.25, -0.2) is 4.98 Å². The van der Waals surface area contributed by atoms with Gasteiger partial charge in [0.15, 0.2) is 0 Å². The van der Waals surface area contributed by atoms with E-state index in [-0.39, 0.29) is 37.2 Å². The maximum atomic E-state index is 13.5. The van der Waals surface area contributed by atoms with E-state index in [2.05, 4.69) is 20.9 Å². The van der Waals surface area contributed by atoms with Crippen LogP contribution in [0.15, 0.2) is 23.7 Å². The molecule has 3 amide bonds. The van der Waals surface area contributed by atoms with E-state index in [4.69, 9.17) is 4.74 Å². The van der Waals surface area contributed by atoms with Crippen molar-refractivity contribution < 1.29 is 24.2 Å². The maximum Gasteiger partial charge on any atom is 0.246 e. The smallest absolute Gasteiger partial charge is 0.246 e. The number of aliphatic hydroxyl groups excluding tert-OH is 1. The molecule has 40 heavy (non-hydrogen) atoms. The van der Waals surface area contributed by atoms with Crippen LogP contribution in [-0.4, -0.2) is 77.6 Å². The molecule has 11 heteroatoms. The van der Waals surface area contributed by atoms with Crippen LogP contribution >= 0.6 is 11.3 Å². The lowest BCUT2D eigenvalue weighted by atomic mass is 9.85. The number of carbonyl (C=O) groups is 3. The number of hydrogen-bond acceptors (Lipinski definition) is 8. The van der Waals surface area contributed by atoms with Crippen LogP contribution in [0.5, 0.6) is 5.75 Å². The molecule has 1 aromatic heterocycles. The number of benzene rings is 1. The van der Waals surface area contributed by atoms with E-state index in [9.17, 15) is 19.5 Å². The molecule has 3 rings (SSSR count). The summed E-state index contributed by atoms with van der Waals surface area (Å²) in [7, 11) is 1.92. The molecule has 3 atom stereocenters. The largest absolute Gasteiger partial charge is 0.493 e. The minimum absolute atomic E-state index is 0.0347. The number of aryl methyl sites for hydroxylation is 1. The monoisotopic (exact) mass is 573 g/mol. The Morgan fingerprint density at radius 3 is 2.62 bits per heavy atom. The molecule has 1 saturated heterocycles. The third-order valence-electron chi connectivity index (χ3n) is 6.93. The normalized spacial score (nSPS) is 17.9. The molecule has 0 radical (unpaired) electrons. The molecule has 0 aliphatic carbocycles. The van der Waals surface area contributed by atoms with Gasteiger partial charge in [0.2, 0.25) is 17.7 Å². The van der Waals surface area contributed by atoms with Crippen molar-refractivity contribution in [2.75, 3.05) is 26.7 Å². The van der Waals surface area contributed by atoms with Gasteiger partial charge in [-0.2, -0.15) is 0 Å². The van der Waals surface area contributed by atoms with Crippen LogP contribution in [-0.2, 0) is 20.9 Å². The number of nitrogens with zero attached hydrogens (tertiary/aromatic N) is 2. The first kappa shape index (κ1) is 31.5. The second-order valence-electron chi connectivity index (χ2n) is 11.4. The number of aromatic nitrogens is 1. The fourth-order valence-corrected chi connectivity index (χ4v) is 5.57. The third kappa shape index (κ3) is 8.25. The number of rotatable bonds is 12. The van der Waals surface area contributed by atoms with Gasteiger partial charge in [0.05, 0.1) is 28.8 Å². The topological polar surface area (TPSA) is 133 Å². The molecular formula is C29H43N5O5S. The van der Waals surface area contributed by atoms with Gasteiger partial charge < -0.3 is 30.7 Å². The summed E-state index contributed by atoms with van der Waals surface area (Å²) >= 11 is 1.57. The zero-order valence-electron chi connectivity index (χ0n) is 24.4. The van der Waals surface area contributed by atoms with Crippen molar-refractivity contribution in [2.45, 2.75) is 78.6 Å². The van der Waals surface area contributed by atoms with Crippen LogP contribution in [0.1, 0.15) is 58.2 Å². The minimum Gasteiger partial charge on any atom is -0.493 e. The van der Waals surface area contributed by atoms with Gasteiger partial charge >= 0.3 is 0 Å². The summed E-state index contributed by atoms with van der Waals surface area (Å²) < 4.78 is 6.16. The predicted octanol–water partition coefficient (Wildman–Crippen LogP) is 2.63. The SMILES string of the molecule is CNCCCCOc1cc(-c2scnc2C)ccc1CNC(=O)[C@@H]1C[C@@H](O)CN1C(=O)[C@@H](NC(C)=O)C(C)(C)C. The van der Waals surface area contributed by atoms with Crippen LogP contribution in [0.4, 0.5) is 0 Å². The molecule has 0 saturated carbocycles. The van der Waals surface area contributed by atoms with Crippen molar-refractivity contribution in [1.29, 1.82) is 0 Å². The highest BCUT2D eigenvalue weighted by molar-refractivity contribution is 7.13. The van der Waals surface area contributed by atoms with Crippen LogP contribution in [0, 0.1) is 12.3 Å². The molecule has 1 aliphatic rings. The summed E-state index contributed by atoms with van der Waals surface area (Å²) in [6, 6.07) is 4.25. The summed E-state index contributed by atoms with van der Waals surface area (Å²) in [4.78, 5) is 45.5. The fraction of sp³-hybridized carbons (Fsp3) is 0.586. The number of carbonyl (C=O) groups excluding carboxylic acids is 3. The van der Waals surface area contributed by atoms with E-state index in [1.165, 1.54) is 11.8 Å². The third-order valence-corrected chi connectivity index (χ3v) is 7.91. The van der Waals surface area contributed by atoms with Crippen molar-refractivity contribution >= 4 is 29.1 Å². The number of aliphatic hydroxyl groups is 1. The molecule has 0 bridgehead atoms. The summed E-state index contributed by atoms with van der Waals surface area (Å²) in [6.07, 6.45) is 1.18. The lowest BCUT2D eigenvalue weighted by Crippen LogP contribution is -2.57. The Bertz CT molecular complexity index is 1180. The second kappa shape index (κ2) is 14.0. The first-order valence-electron chi connectivity index (χ1n) is 13.8. The molecule has 1 aliphatic heterocycles. The number of β-amino-alcohol motifs (C(OH)–C–C–N with tert-alkyl or cyclic N) is 1. The number of nitrogens with one attached hydrogen (secondary N) is 3. The summed E-state index contributed by atoms with van der Waals surface area (Å²) in [5.41, 5.74) is 4.01. The van der Waals surface area contributed by atoms with Crippen molar-refractivity contribution in [3.8, 4) is 16.2 Å². The quantitative estimate of drug-likeness (QED) is 0.287. The van der Waals surface area contributed by atoms with Gasteiger partial charge in [-0.1, -0.05) is 32.9 Å². The highest BCUT2D eigenvalue weighted by Crippen LogP contribution is 2.32. The molecular weight excluding hydrogens is 530 g/mol. The van der Waals surface area contributed by atoms with E-state index in [0.717, 1.165) is 41.1 Å². The highest BCUT2D eigenvalue weighted by Gasteiger charge is 2.44. The van der Waals surface area contributed by atoms with Crippen molar-refractivity contribution in [3.05, 3.63) is 35.0 Å². The van der Waals surface area contributed by atoms with Crippen LogP contribution in [0.2, 0.25) is 0 Å². The van der Waals surface area contributed by atoms with E-state index in [1.807, 2.05) is 58.5 Å². The Morgan fingerprint density at radius 1 is 1.25 bits per heavy atom. The summed E-state index contributed by atoms with van der Waals surface area (Å²) in [6.45, 7) is 10.6. The first-order valence-corrected chi connectivity index (χ1v) is 14.6. The minimum atomic E-state index is -0.842. The van der Waals surface area contributed by atoms with E-state index < -0.39 is 23.6 Å². The average molecular weight is 574 g/mol. The van der Waals surface area contributed by atoms with Crippen molar-refractivity contribution in [3.63, 3.8) is 0 Å². The Morgan fingerprint density at radius 2 is 2.00 bits per heavy atom. The van der Waals surface area contributed by atoms with Gasteiger partial charge in [-0.05, 0) is 50.4 Å². The Hall–Kier alpha value is -3.02. The molecule has 2 aromatic rings. The summed E-state index contributed by atoms with van der Waals surface area (Å²) in [5.74, 6) is -0.380. The molecule has 1 fully saturated rings. The number of amides is 3. The van der Waals surface area contributed by atoms with Gasteiger partial charge in [0, 0.05) is 32.0 Å². The zero-order valence-corrected chi connectivity index (χ0v) is 25.2. The standard InChI is InChI=1S/C29H43N5O5S/c1-18-25(40-17-32-18)20-9-10-21(24(13-20)39-12-8-7-11-30-6)15-31-27(37)23-14-22(36)16-34(23)28(38)26(29(3,4)5)33-19(2)35/h9-10,13,17,22-23,26,30,36H,7-8,11-12,14-16H2,1-6H3,(H,31,37)(H,33,35)/t22-,23+,26-/m1/s1. The van der Waals surface area contributed by atoms with Gasteiger partial charge in [0.1, 0.15) is 17.8 Å². The van der Waals surface area contributed by atoms with Crippen LogP contribution < -0.4 is 20.7 Å². The number of ether oxygens (including phenoxy) is 1. The van der Waals surface area contributed by atoms with E-state index in [0.29, 0.717) is 12.4 Å². The van der Waals surface area contributed by atoms with Crippen molar-refractivity contribution in [2.24, 2.45) is 5.41 Å². The van der Waals surface area contributed by atoms with Crippen molar-refractivity contribution in [1.82, 2.24) is 25.8 Å². The van der Waals surface area contributed by atoms with E-state index in [1.54, 1.807) is 11.3 Å². The molecule has 4 N–H and O–H groups in total. The second-order valence-corrected chi connectivity index (χ2v) is 12.2. The molecule has 220 valence electrons. The number of thiazole rings is 1. The number of unbranched alkanes of at least 4 members (excludes halogenated alkanes) is 1. The molecule has 0 spiro atoms. The molecule has 2 heterocycles. The summed E-state index contributed by atoms with van der Waals surface area (Å²) in [5, 5.41) is 19.2. The average Bonchev–Trinajstić information content (AvgIpc) is 3.50. The lowest BCUT2D eigenvalue weighted by Gasteiger charge is -2.35.